The third-order valence-corrected chi connectivity index (χ3v) is 5.53. The third kappa shape index (κ3) is 3.35. The molecule has 0 bridgehead atoms. The SMILES string of the molecule is Fc1ccccc1-c1noc(-c2cnn(C3CCCCC3)c2-c2ccccc2)n1. The maximum atomic E-state index is 14.1. The molecular weight excluding hydrogens is 367 g/mol. The first kappa shape index (κ1) is 17.8. The van der Waals surface area contributed by atoms with Gasteiger partial charge in [-0.3, -0.25) is 4.68 Å². The maximum Gasteiger partial charge on any atom is 0.262 e. The average Bonchev–Trinajstić information content (AvgIpc) is 3.43. The van der Waals surface area contributed by atoms with Gasteiger partial charge in [0, 0.05) is 5.56 Å². The first-order valence-corrected chi connectivity index (χ1v) is 10.0. The Bertz CT molecular complexity index is 1110. The Labute approximate surface area is 168 Å². The van der Waals surface area contributed by atoms with Crippen LogP contribution in [0.1, 0.15) is 38.1 Å². The zero-order valence-electron chi connectivity index (χ0n) is 16.0. The summed E-state index contributed by atoms with van der Waals surface area (Å²) in [5.41, 5.74) is 3.12. The Balaban J connectivity index is 1.61. The molecule has 1 fully saturated rings. The highest BCUT2D eigenvalue weighted by atomic mass is 19.1. The van der Waals surface area contributed by atoms with E-state index in [4.69, 9.17) is 9.62 Å². The minimum Gasteiger partial charge on any atom is -0.333 e. The van der Waals surface area contributed by atoms with Gasteiger partial charge in [-0.05, 0) is 25.0 Å². The molecule has 0 unspecified atom stereocenters. The molecule has 2 aromatic heterocycles. The van der Waals surface area contributed by atoms with Gasteiger partial charge in [-0.15, -0.1) is 0 Å². The molecule has 0 amide bonds. The summed E-state index contributed by atoms with van der Waals surface area (Å²) in [6, 6.07) is 16.9. The second-order valence-corrected chi connectivity index (χ2v) is 7.41. The summed E-state index contributed by atoms with van der Waals surface area (Å²) in [4.78, 5) is 4.49. The number of hydrogen-bond donors (Lipinski definition) is 0. The molecule has 0 atom stereocenters. The van der Waals surface area contributed by atoms with Crippen molar-refractivity contribution in [1.29, 1.82) is 0 Å². The first-order valence-electron chi connectivity index (χ1n) is 10.0. The van der Waals surface area contributed by atoms with Crippen LogP contribution >= 0.6 is 0 Å². The van der Waals surface area contributed by atoms with Crippen LogP contribution in [-0.2, 0) is 0 Å². The molecule has 5 rings (SSSR count). The standard InChI is InChI=1S/C23H21FN4O/c24-20-14-8-7-13-18(20)22-26-23(29-27-22)19-15-25-28(17-11-5-2-6-12-17)21(19)16-9-3-1-4-10-16/h1,3-4,7-10,13-15,17H,2,5-6,11-12H2. The van der Waals surface area contributed by atoms with E-state index in [0.29, 0.717) is 17.5 Å². The Kier molecular flexibility index (Phi) is 4.68. The second kappa shape index (κ2) is 7.62. The average molecular weight is 388 g/mol. The van der Waals surface area contributed by atoms with Gasteiger partial charge in [0.2, 0.25) is 5.82 Å². The zero-order chi connectivity index (χ0) is 19.6. The largest absolute Gasteiger partial charge is 0.333 e. The van der Waals surface area contributed by atoms with Crippen molar-refractivity contribution in [1.82, 2.24) is 19.9 Å². The Hall–Kier alpha value is -3.28. The van der Waals surface area contributed by atoms with Crippen molar-refractivity contribution in [2.45, 2.75) is 38.1 Å². The summed E-state index contributed by atoms with van der Waals surface area (Å²) in [6.45, 7) is 0. The van der Waals surface area contributed by atoms with E-state index in [0.717, 1.165) is 29.7 Å². The van der Waals surface area contributed by atoms with Gasteiger partial charge in [0.1, 0.15) is 5.82 Å². The number of benzene rings is 2. The lowest BCUT2D eigenvalue weighted by Crippen LogP contribution is -2.15. The van der Waals surface area contributed by atoms with Gasteiger partial charge in [-0.25, -0.2) is 4.39 Å². The van der Waals surface area contributed by atoms with Gasteiger partial charge in [0.15, 0.2) is 0 Å². The minimum absolute atomic E-state index is 0.238. The van der Waals surface area contributed by atoms with Crippen molar-refractivity contribution in [3.63, 3.8) is 0 Å². The molecule has 0 radical (unpaired) electrons. The second-order valence-electron chi connectivity index (χ2n) is 7.41. The molecule has 0 aliphatic heterocycles. The van der Waals surface area contributed by atoms with Gasteiger partial charge in [-0.1, -0.05) is 66.9 Å². The Morgan fingerprint density at radius 1 is 0.897 bits per heavy atom. The number of rotatable bonds is 4. The van der Waals surface area contributed by atoms with Gasteiger partial charge < -0.3 is 4.52 Å². The molecule has 2 aromatic carbocycles. The van der Waals surface area contributed by atoms with E-state index in [1.54, 1.807) is 24.4 Å². The summed E-state index contributed by atoms with van der Waals surface area (Å²) < 4.78 is 21.8. The van der Waals surface area contributed by atoms with Crippen molar-refractivity contribution in [2.75, 3.05) is 0 Å². The van der Waals surface area contributed by atoms with E-state index < -0.39 is 0 Å². The van der Waals surface area contributed by atoms with E-state index >= 15 is 0 Å². The van der Waals surface area contributed by atoms with Crippen LogP contribution in [0.4, 0.5) is 4.39 Å². The molecule has 29 heavy (non-hydrogen) atoms. The lowest BCUT2D eigenvalue weighted by Gasteiger charge is -2.24. The monoisotopic (exact) mass is 388 g/mol. The van der Waals surface area contributed by atoms with Crippen molar-refractivity contribution >= 4 is 0 Å². The lowest BCUT2D eigenvalue weighted by molar-refractivity contribution is 0.332. The minimum atomic E-state index is -0.374. The van der Waals surface area contributed by atoms with E-state index in [2.05, 4.69) is 27.0 Å². The quantitative estimate of drug-likeness (QED) is 0.436. The molecule has 2 heterocycles. The van der Waals surface area contributed by atoms with Crippen LogP contribution in [0.15, 0.2) is 65.3 Å². The van der Waals surface area contributed by atoms with Gasteiger partial charge in [-0.2, -0.15) is 10.1 Å². The summed E-state index contributed by atoms with van der Waals surface area (Å²) >= 11 is 0. The number of nitrogens with zero attached hydrogens (tertiary/aromatic N) is 4. The van der Waals surface area contributed by atoms with Crippen LogP contribution < -0.4 is 0 Å². The fraction of sp³-hybridized carbons (Fsp3) is 0.261. The number of halogens is 1. The molecule has 1 aliphatic carbocycles. The van der Waals surface area contributed by atoms with Crippen LogP contribution in [0.5, 0.6) is 0 Å². The third-order valence-electron chi connectivity index (χ3n) is 5.53. The van der Waals surface area contributed by atoms with Crippen molar-refractivity contribution in [3.8, 4) is 34.1 Å². The van der Waals surface area contributed by atoms with E-state index in [1.807, 2.05) is 18.2 Å². The predicted molar refractivity (Wildman–Crippen MR) is 108 cm³/mol. The molecular formula is C23H21FN4O. The smallest absolute Gasteiger partial charge is 0.262 e. The molecule has 0 N–H and O–H groups in total. The molecule has 5 nitrogen and oxygen atoms in total. The summed E-state index contributed by atoms with van der Waals surface area (Å²) in [6.07, 6.45) is 7.73. The number of hydrogen-bond acceptors (Lipinski definition) is 4. The summed E-state index contributed by atoms with van der Waals surface area (Å²) in [7, 11) is 0. The number of aromatic nitrogens is 4. The molecule has 0 spiro atoms. The molecule has 146 valence electrons. The highest BCUT2D eigenvalue weighted by Gasteiger charge is 2.25. The first-order chi connectivity index (χ1) is 14.3. The van der Waals surface area contributed by atoms with Gasteiger partial charge in [0.05, 0.1) is 29.1 Å². The molecule has 4 aromatic rings. The molecule has 1 aliphatic rings. The van der Waals surface area contributed by atoms with Crippen LogP contribution in [0, 0.1) is 5.82 Å². The Morgan fingerprint density at radius 3 is 2.45 bits per heavy atom. The van der Waals surface area contributed by atoms with Gasteiger partial charge >= 0.3 is 0 Å². The maximum absolute atomic E-state index is 14.1. The fourth-order valence-corrected chi connectivity index (χ4v) is 4.09. The van der Waals surface area contributed by atoms with E-state index in [-0.39, 0.29) is 11.6 Å². The normalized spacial score (nSPS) is 14.9. The van der Waals surface area contributed by atoms with Crippen LogP contribution in [-0.4, -0.2) is 19.9 Å². The summed E-state index contributed by atoms with van der Waals surface area (Å²) in [5.74, 6) is 0.215. The van der Waals surface area contributed by atoms with Crippen LogP contribution in [0.2, 0.25) is 0 Å². The topological polar surface area (TPSA) is 56.7 Å². The summed E-state index contributed by atoms with van der Waals surface area (Å²) in [5, 5.41) is 8.72. The van der Waals surface area contributed by atoms with Gasteiger partial charge in [0.25, 0.3) is 5.89 Å². The zero-order valence-corrected chi connectivity index (χ0v) is 16.0. The van der Waals surface area contributed by atoms with Crippen molar-refractivity contribution in [3.05, 3.63) is 66.6 Å². The molecule has 0 saturated heterocycles. The molecule has 6 heteroatoms. The molecule has 1 saturated carbocycles. The Morgan fingerprint density at radius 2 is 1.66 bits per heavy atom. The highest BCUT2D eigenvalue weighted by Crippen LogP contribution is 2.37. The lowest BCUT2D eigenvalue weighted by atomic mass is 9.95. The van der Waals surface area contributed by atoms with Crippen molar-refractivity contribution in [2.24, 2.45) is 0 Å². The van der Waals surface area contributed by atoms with E-state index in [9.17, 15) is 4.39 Å². The predicted octanol–water partition coefficient (Wildman–Crippen LogP) is 5.91. The van der Waals surface area contributed by atoms with Crippen LogP contribution in [0.25, 0.3) is 34.1 Å². The fourth-order valence-electron chi connectivity index (χ4n) is 4.09. The van der Waals surface area contributed by atoms with Crippen molar-refractivity contribution < 1.29 is 8.91 Å². The highest BCUT2D eigenvalue weighted by molar-refractivity contribution is 5.77. The van der Waals surface area contributed by atoms with Crippen LogP contribution in [0.3, 0.4) is 0 Å². The van der Waals surface area contributed by atoms with E-state index in [1.165, 1.54) is 25.3 Å².